The Kier molecular flexibility index (Phi) is 2.77. The molecular formula is C11H20N2O. The first-order valence-corrected chi connectivity index (χ1v) is 5.75. The molecule has 1 amide bonds. The van der Waals surface area contributed by atoms with Crippen LogP contribution >= 0.6 is 0 Å². The molecule has 2 atom stereocenters. The molecular weight excluding hydrogens is 176 g/mol. The van der Waals surface area contributed by atoms with Gasteiger partial charge < -0.3 is 10.6 Å². The zero-order valence-electron chi connectivity index (χ0n) is 8.91. The van der Waals surface area contributed by atoms with Crippen LogP contribution in [0.4, 0.5) is 0 Å². The van der Waals surface area contributed by atoms with Gasteiger partial charge in [-0.15, -0.1) is 0 Å². The van der Waals surface area contributed by atoms with Gasteiger partial charge in [-0.3, -0.25) is 4.79 Å². The zero-order chi connectivity index (χ0) is 10.1. The molecule has 2 aliphatic rings. The zero-order valence-corrected chi connectivity index (χ0v) is 8.91. The summed E-state index contributed by atoms with van der Waals surface area (Å²) in [4.78, 5) is 13.9. The van der Waals surface area contributed by atoms with Crippen molar-refractivity contribution < 1.29 is 4.79 Å². The molecule has 0 aromatic rings. The van der Waals surface area contributed by atoms with Gasteiger partial charge in [-0.25, -0.2) is 0 Å². The fourth-order valence-electron chi connectivity index (χ4n) is 2.95. The summed E-state index contributed by atoms with van der Waals surface area (Å²) in [5, 5.41) is 0. The summed E-state index contributed by atoms with van der Waals surface area (Å²) in [6, 6.07) is 0.893. The second kappa shape index (κ2) is 3.89. The van der Waals surface area contributed by atoms with E-state index in [2.05, 4.69) is 11.8 Å². The minimum absolute atomic E-state index is 0.333. The number of hydrogen-bond acceptors (Lipinski definition) is 2. The Morgan fingerprint density at radius 3 is 2.57 bits per heavy atom. The molecule has 1 heterocycles. The van der Waals surface area contributed by atoms with Crippen molar-refractivity contribution in [1.29, 1.82) is 0 Å². The lowest BCUT2D eigenvalue weighted by molar-refractivity contribution is -0.130. The molecule has 0 spiro atoms. The molecule has 2 N–H and O–H groups in total. The maximum atomic E-state index is 11.8. The third-order valence-corrected chi connectivity index (χ3v) is 3.87. The first kappa shape index (κ1) is 9.97. The molecule has 1 saturated heterocycles. The predicted molar refractivity (Wildman–Crippen MR) is 55.7 cm³/mol. The van der Waals surface area contributed by atoms with Crippen molar-refractivity contribution >= 4 is 5.91 Å². The van der Waals surface area contributed by atoms with E-state index in [1.165, 1.54) is 25.7 Å². The summed E-state index contributed by atoms with van der Waals surface area (Å²) in [7, 11) is 0. The van der Waals surface area contributed by atoms with Crippen LogP contribution in [0.25, 0.3) is 0 Å². The van der Waals surface area contributed by atoms with E-state index < -0.39 is 0 Å². The normalized spacial score (nSPS) is 34.4. The van der Waals surface area contributed by atoms with Crippen molar-refractivity contribution in [1.82, 2.24) is 4.90 Å². The molecule has 1 saturated carbocycles. The number of hydrogen-bond donors (Lipinski definition) is 1. The number of nitrogens with zero attached hydrogens (tertiary/aromatic N) is 1. The van der Waals surface area contributed by atoms with Crippen LogP contribution in [0.2, 0.25) is 0 Å². The van der Waals surface area contributed by atoms with Gasteiger partial charge in [0.15, 0.2) is 0 Å². The van der Waals surface area contributed by atoms with E-state index in [1.807, 2.05) is 0 Å². The highest BCUT2D eigenvalue weighted by Gasteiger charge is 2.40. The van der Waals surface area contributed by atoms with Crippen molar-refractivity contribution in [2.24, 2.45) is 11.7 Å². The largest absolute Gasteiger partial charge is 0.337 e. The second-order valence-corrected chi connectivity index (χ2v) is 4.68. The van der Waals surface area contributed by atoms with Gasteiger partial charge in [0.25, 0.3) is 0 Å². The van der Waals surface area contributed by atoms with Crippen molar-refractivity contribution in [3.05, 3.63) is 0 Å². The van der Waals surface area contributed by atoms with Gasteiger partial charge in [-0.1, -0.05) is 12.8 Å². The summed E-state index contributed by atoms with van der Waals surface area (Å²) in [5.74, 6) is 0.725. The van der Waals surface area contributed by atoms with E-state index in [-0.39, 0.29) is 0 Å². The number of likely N-dealkylation sites (tertiary alicyclic amines) is 1. The van der Waals surface area contributed by atoms with Crippen LogP contribution in [0, 0.1) is 5.92 Å². The molecule has 2 rings (SSSR count). The maximum absolute atomic E-state index is 11.8. The lowest BCUT2D eigenvalue weighted by Gasteiger charge is -2.30. The number of carbonyl (C=O) groups is 1. The van der Waals surface area contributed by atoms with Crippen molar-refractivity contribution in [3.63, 3.8) is 0 Å². The monoisotopic (exact) mass is 196 g/mol. The van der Waals surface area contributed by atoms with E-state index in [0.717, 1.165) is 0 Å². The minimum Gasteiger partial charge on any atom is -0.337 e. The molecule has 0 aromatic carbocycles. The van der Waals surface area contributed by atoms with Crippen LogP contribution in [0.1, 0.15) is 39.0 Å². The molecule has 2 unspecified atom stereocenters. The Bertz CT molecular complexity index is 223. The van der Waals surface area contributed by atoms with Gasteiger partial charge in [0.05, 0.1) is 0 Å². The van der Waals surface area contributed by atoms with Gasteiger partial charge in [-0.2, -0.15) is 0 Å². The molecule has 3 nitrogen and oxygen atoms in total. The van der Waals surface area contributed by atoms with Crippen LogP contribution in [-0.2, 0) is 4.79 Å². The summed E-state index contributed by atoms with van der Waals surface area (Å²) in [6.45, 7) is 2.80. The molecule has 80 valence electrons. The molecule has 0 bridgehead atoms. The number of carbonyl (C=O) groups excluding carboxylic acids is 1. The van der Waals surface area contributed by atoms with E-state index in [0.29, 0.717) is 36.9 Å². The molecule has 14 heavy (non-hydrogen) atoms. The Morgan fingerprint density at radius 2 is 2.07 bits per heavy atom. The maximum Gasteiger partial charge on any atom is 0.223 e. The third kappa shape index (κ3) is 1.54. The Balaban J connectivity index is 2.06. The van der Waals surface area contributed by atoms with Gasteiger partial charge in [0, 0.05) is 24.4 Å². The van der Waals surface area contributed by atoms with Crippen molar-refractivity contribution in [2.45, 2.75) is 51.1 Å². The molecule has 0 aromatic heterocycles. The summed E-state index contributed by atoms with van der Waals surface area (Å²) in [6.07, 6.45) is 5.65. The van der Waals surface area contributed by atoms with E-state index >= 15 is 0 Å². The molecule has 3 heteroatoms. The average Bonchev–Trinajstić information content (AvgIpc) is 2.74. The van der Waals surface area contributed by atoms with Gasteiger partial charge in [0.1, 0.15) is 0 Å². The topological polar surface area (TPSA) is 46.3 Å². The summed E-state index contributed by atoms with van der Waals surface area (Å²) in [5.41, 5.74) is 5.67. The Labute approximate surface area is 85.6 Å². The highest BCUT2D eigenvalue weighted by molar-refractivity contribution is 5.79. The lowest BCUT2D eigenvalue weighted by Crippen LogP contribution is -2.41. The quantitative estimate of drug-likeness (QED) is 0.719. The van der Waals surface area contributed by atoms with E-state index in [1.54, 1.807) is 0 Å². The number of nitrogens with two attached hydrogens (primary N) is 1. The highest BCUT2D eigenvalue weighted by Crippen LogP contribution is 2.33. The SMILES string of the molecule is CC1C(CN)CC(=O)N1C1CCCC1. The standard InChI is InChI=1S/C11H20N2O/c1-8-9(7-12)6-11(14)13(8)10-4-2-3-5-10/h8-10H,2-7,12H2,1H3. The first-order valence-electron chi connectivity index (χ1n) is 5.75. The first-order chi connectivity index (χ1) is 6.74. The van der Waals surface area contributed by atoms with Crippen molar-refractivity contribution in [2.75, 3.05) is 6.54 Å². The molecule has 1 aliphatic carbocycles. The highest BCUT2D eigenvalue weighted by atomic mass is 16.2. The van der Waals surface area contributed by atoms with Gasteiger partial charge in [-0.05, 0) is 26.3 Å². The number of amides is 1. The van der Waals surface area contributed by atoms with Crippen LogP contribution in [0.15, 0.2) is 0 Å². The van der Waals surface area contributed by atoms with Crippen LogP contribution in [0.3, 0.4) is 0 Å². The van der Waals surface area contributed by atoms with E-state index in [9.17, 15) is 4.79 Å². The summed E-state index contributed by atoms with van der Waals surface area (Å²) >= 11 is 0. The molecule has 0 radical (unpaired) electrons. The fraction of sp³-hybridized carbons (Fsp3) is 0.909. The van der Waals surface area contributed by atoms with Gasteiger partial charge >= 0.3 is 0 Å². The Hall–Kier alpha value is -0.570. The van der Waals surface area contributed by atoms with Crippen LogP contribution in [0.5, 0.6) is 0 Å². The fourth-order valence-corrected chi connectivity index (χ4v) is 2.95. The van der Waals surface area contributed by atoms with Crippen LogP contribution < -0.4 is 5.73 Å². The Morgan fingerprint density at radius 1 is 1.43 bits per heavy atom. The summed E-state index contributed by atoms with van der Waals surface area (Å²) < 4.78 is 0. The predicted octanol–water partition coefficient (Wildman–Crippen LogP) is 1.12. The third-order valence-electron chi connectivity index (χ3n) is 3.87. The molecule has 2 fully saturated rings. The smallest absolute Gasteiger partial charge is 0.223 e. The second-order valence-electron chi connectivity index (χ2n) is 4.68. The average molecular weight is 196 g/mol. The lowest BCUT2D eigenvalue weighted by atomic mass is 10.0. The molecule has 1 aliphatic heterocycles. The van der Waals surface area contributed by atoms with E-state index in [4.69, 9.17) is 5.73 Å². The minimum atomic E-state index is 0.333. The van der Waals surface area contributed by atoms with Gasteiger partial charge in [0.2, 0.25) is 5.91 Å². The number of rotatable bonds is 2. The van der Waals surface area contributed by atoms with Crippen LogP contribution in [-0.4, -0.2) is 29.4 Å². The van der Waals surface area contributed by atoms with Crippen molar-refractivity contribution in [3.8, 4) is 0 Å².